The van der Waals surface area contributed by atoms with Crippen molar-refractivity contribution in [3.63, 3.8) is 0 Å². The number of primary amides is 1. The minimum Gasteiger partial charge on any atom is -0.389 e. The number of carbonyl (C=O) groups excluding carboxylic acids is 1. The third-order valence-corrected chi connectivity index (χ3v) is 3.26. The van der Waals surface area contributed by atoms with E-state index in [0.29, 0.717) is 12.2 Å². The summed E-state index contributed by atoms with van der Waals surface area (Å²) in [6.07, 6.45) is 1.73. The summed E-state index contributed by atoms with van der Waals surface area (Å²) < 4.78 is 0. The fraction of sp³-hybridized carbons (Fsp3) is 0.533. The zero-order valence-electron chi connectivity index (χ0n) is 12.4. The SMILES string of the molecule is CCCC(C)(O)CNC(C)c1ccc(NC(N)=O)cc1. The van der Waals surface area contributed by atoms with Crippen molar-refractivity contribution in [2.24, 2.45) is 5.73 Å². The lowest BCUT2D eigenvalue weighted by atomic mass is 9.99. The molecule has 2 amide bonds. The van der Waals surface area contributed by atoms with Crippen molar-refractivity contribution in [1.82, 2.24) is 5.32 Å². The lowest BCUT2D eigenvalue weighted by molar-refractivity contribution is 0.0476. The Kier molecular flexibility index (Phi) is 5.98. The number of aliphatic hydroxyl groups is 1. The second-order valence-corrected chi connectivity index (χ2v) is 5.46. The molecule has 5 nitrogen and oxygen atoms in total. The maximum absolute atomic E-state index is 10.7. The van der Waals surface area contributed by atoms with Crippen LogP contribution in [0.2, 0.25) is 0 Å². The number of hydrogen-bond acceptors (Lipinski definition) is 3. The molecule has 0 heterocycles. The summed E-state index contributed by atoms with van der Waals surface area (Å²) in [5.74, 6) is 0. The van der Waals surface area contributed by atoms with Gasteiger partial charge in [0.05, 0.1) is 5.60 Å². The quantitative estimate of drug-likeness (QED) is 0.618. The van der Waals surface area contributed by atoms with Crippen LogP contribution in [0.4, 0.5) is 10.5 Å². The number of anilines is 1. The summed E-state index contributed by atoms with van der Waals surface area (Å²) >= 11 is 0. The molecule has 0 aliphatic rings. The summed E-state index contributed by atoms with van der Waals surface area (Å²) in [4.78, 5) is 10.7. The first-order valence-corrected chi connectivity index (χ1v) is 6.96. The molecule has 0 aromatic heterocycles. The number of hydrogen-bond donors (Lipinski definition) is 4. The molecule has 2 atom stereocenters. The van der Waals surface area contributed by atoms with Gasteiger partial charge in [0.1, 0.15) is 0 Å². The molecule has 1 aromatic carbocycles. The van der Waals surface area contributed by atoms with E-state index in [9.17, 15) is 9.90 Å². The van der Waals surface area contributed by atoms with E-state index < -0.39 is 11.6 Å². The highest BCUT2D eigenvalue weighted by atomic mass is 16.3. The Morgan fingerprint density at radius 3 is 2.50 bits per heavy atom. The first-order chi connectivity index (χ1) is 9.34. The molecule has 0 saturated carbocycles. The van der Waals surface area contributed by atoms with Crippen LogP contribution in [0.1, 0.15) is 45.2 Å². The maximum Gasteiger partial charge on any atom is 0.316 e. The van der Waals surface area contributed by atoms with Crippen LogP contribution in [0.3, 0.4) is 0 Å². The van der Waals surface area contributed by atoms with E-state index >= 15 is 0 Å². The van der Waals surface area contributed by atoms with Crippen molar-refractivity contribution in [2.75, 3.05) is 11.9 Å². The third kappa shape index (κ3) is 5.59. The van der Waals surface area contributed by atoms with Gasteiger partial charge in [-0.2, -0.15) is 0 Å². The first-order valence-electron chi connectivity index (χ1n) is 6.96. The Hall–Kier alpha value is -1.59. The average molecular weight is 279 g/mol. The fourth-order valence-electron chi connectivity index (χ4n) is 2.12. The monoisotopic (exact) mass is 279 g/mol. The van der Waals surface area contributed by atoms with Crippen molar-refractivity contribution >= 4 is 11.7 Å². The molecule has 1 rings (SSSR count). The number of amides is 2. The number of carbonyl (C=O) groups is 1. The highest BCUT2D eigenvalue weighted by Gasteiger charge is 2.19. The lowest BCUT2D eigenvalue weighted by Crippen LogP contribution is -2.38. The maximum atomic E-state index is 10.7. The topological polar surface area (TPSA) is 87.4 Å². The Bertz CT molecular complexity index is 429. The summed E-state index contributed by atoms with van der Waals surface area (Å²) in [5.41, 5.74) is 6.13. The van der Waals surface area contributed by atoms with E-state index in [1.165, 1.54) is 0 Å². The fourth-order valence-corrected chi connectivity index (χ4v) is 2.12. The zero-order chi connectivity index (χ0) is 15.2. The van der Waals surface area contributed by atoms with Gasteiger partial charge in [-0.05, 0) is 38.0 Å². The number of urea groups is 1. The molecule has 0 bridgehead atoms. The van der Waals surface area contributed by atoms with E-state index in [-0.39, 0.29) is 6.04 Å². The third-order valence-electron chi connectivity index (χ3n) is 3.26. The molecule has 0 aliphatic carbocycles. The van der Waals surface area contributed by atoms with Gasteiger partial charge in [-0.1, -0.05) is 25.5 Å². The Labute approximate surface area is 120 Å². The van der Waals surface area contributed by atoms with Crippen molar-refractivity contribution < 1.29 is 9.90 Å². The second kappa shape index (κ2) is 7.26. The van der Waals surface area contributed by atoms with Crippen molar-refractivity contribution in [1.29, 1.82) is 0 Å². The van der Waals surface area contributed by atoms with Crippen LogP contribution in [0, 0.1) is 0 Å². The summed E-state index contributed by atoms with van der Waals surface area (Å²) in [6, 6.07) is 7.03. The highest BCUT2D eigenvalue weighted by Crippen LogP contribution is 2.18. The van der Waals surface area contributed by atoms with Gasteiger partial charge < -0.3 is 21.5 Å². The molecular formula is C15H25N3O2. The smallest absolute Gasteiger partial charge is 0.316 e. The molecule has 112 valence electrons. The van der Waals surface area contributed by atoms with Gasteiger partial charge in [0.2, 0.25) is 0 Å². The standard InChI is InChI=1S/C15H25N3O2/c1-4-9-15(3,20)10-17-11(2)12-5-7-13(8-6-12)18-14(16)19/h5-8,11,17,20H,4,9-10H2,1-3H3,(H3,16,18,19). The molecule has 2 unspecified atom stereocenters. The minimum absolute atomic E-state index is 0.126. The highest BCUT2D eigenvalue weighted by molar-refractivity contribution is 5.87. The van der Waals surface area contributed by atoms with Gasteiger partial charge in [0.15, 0.2) is 0 Å². The van der Waals surface area contributed by atoms with Gasteiger partial charge in [0, 0.05) is 18.3 Å². The van der Waals surface area contributed by atoms with Gasteiger partial charge in [0.25, 0.3) is 0 Å². The predicted octanol–water partition coefficient (Wildman–Crippen LogP) is 2.38. The van der Waals surface area contributed by atoms with Crippen LogP contribution in [-0.4, -0.2) is 23.3 Å². The Morgan fingerprint density at radius 2 is 2.00 bits per heavy atom. The molecule has 5 heteroatoms. The minimum atomic E-state index is -0.684. The molecule has 1 aromatic rings. The van der Waals surface area contributed by atoms with Crippen molar-refractivity contribution in [3.05, 3.63) is 29.8 Å². The number of nitrogens with two attached hydrogens (primary N) is 1. The number of nitrogens with one attached hydrogen (secondary N) is 2. The average Bonchev–Trinajstić information content (AvgIpc) is 2.36. The van der Waals surface area contributed by atoms with Gasteiger partial charge in [-0.3, -0.25) is 0 Å². The predicted molar refractivity (Wildman–Crippen MR) is 81.6 cm³/mol. The molecule has 20 heavy (non-hydrogen) atoms. The molecule has 0 aliphatic heterocycles. The summed E-state index contributed by atoms with van der Waals surface area (Å²) in [6.45, 7) is 6.49. The van der Waals surface area contributed by atoms with Crippen LogP contribution in [-0.2, 0) is 0 Å². The van der Waals surface area contributed by atoms with Crippen LogP contribution >= 0.6 is 0 Å². The zero-order valence-corrected chi connectivity index (χ0v) is 12.4. The number of benzene rings is 1. The molecule has 0 spiro atoms. The Balaban J connectivity index is 2.55. The van der Waals surface area contributed by atoms with E-state index in [1.807, 2.05) is 38.1 Å². The largest absolute Gasteiger partial charge is 0.389 e. The number of rotatable bonds is 7. The van der Waals surface area contributed by atoms with Crippen LogP contribution in [0.15, 0.2) is 24.3 Å². The van der Waals surface area contributed by atoms with E-state index in [1.54, 1.807) is 0 Å². The normalized spacial score (nSPS) is 15.4. The van der Waals surface area contributed by atoms with Crippen LogP contribution in [0.5, 0.6) is 0 Å². The molecule has 5 N–H and O–H groups in total. The van der Waals surface area contributed by atoms with Gasteiger partial charge in [-0.25, -0.2) is 4.79 Å². The van der Waals surface area contributed by atoms with E-state index in [0.717, 1.165) is 18.4 Å². The summed E-state index contributed by atoms with van der Waals surface area (Å²) in [7, 11) is 0. The van der Waals surface area contributed by atoms with Crippen molar-refractivity contribution in [3.8, 4) is 0 Å². The Morgan fingerprint density at radius 1 is 1.40 bits per heavy atom. The lowest BCUT2D eigenvalue weighted by Gasteiger charge is -2.25. The molecule has 0 fully saturated rings. The van der Waals surface area contributed by atoms with E-state index in [4.69, 9.17) is 5.73 Å². The van der Waals surface area contributed by atoms with Crippen molar-refractivity contribution in [2.45, 2.75) is 45.3 Å². The van der Waals surface area contributed by atoms with Crippen LogP contribution in [0.25, 0.3) is 0 Å². The molecule has 0 saturated heterocycles. The van der Waals surface area contributed by atoms with Crippen LogP contribution < -0.4 is 16.4 Å². The second-order valence-electron chi connectivity index (χ2n) is 5.46. The van der Waals surface area contributed by atoms with Gasteiger partial charge in [-0.15, -0.1) is 0 Å². The van der Waals surface area contributed by atoms with Gasteiger partial charge >= 0.3 is 6.03 Å². The first kappa shape index (κ1) is 16.5. The van der Waals surface area contributed by atoms with E-state index in [2.05, 4.69) is 17.6 Å². The molecule has 0 radical (unpaired) electrons. The molecular weight excluding hydrogens is 254 g/mol. The summed E-state index contributed by atoms with van der Waals surface area (Å²) in [5, 5.41) is 16.0.